The number of allylic oxidation sites excluding steroid dienone is 1. The molecule has 9 rings (SSSR count). The molecule has 60 heavy (non-hydrogen) atoms. The van der Waals surface area contributed by atoms with Crippen LogP contribution in [0.5, 0.6) is 0 Å². The highest BCUT2D eigenvalue weighted by molar-refractivity contribution is 5.95. The van der Waals surface area contributed by atoms with Crippen molar-refractivity contribution in [3.05, 3.63) is 11.6 Å². The second-order valence-electron chi connectivity index (χ2n) is 24.0. The van der Waals surface area contributed by atoms with Crippen molar-refractivity contribution < 1.29 is 34.7 Å². The van der Waals surface area contributed by atoms with Crippen LogP contribution in [-0.2, 0) is 14.3 Å². The number of ether oxygens (including phenoxy) is 2. The summed E-state index contributed by atoms with van der Waals surface area (Å²) in [6.07, 6.45) is 22.8. The van der Waals surface area contributed by atoms with Gasteiger partial charge < -0.3 is 41.0 Å². The molecule has 3 aliphatic heterocycles. The SMILES string of the molecule is CC1CCOC(C2OC2C(C)(O)C(C)(CO)CCC2CCNC(N)C2)(C2CCC3(O)C4=CC(=O)C5CC(O)CC6(CCCC6)C5(C)C4C(CCC4CCCCC4)CC23C)C1. The van der Waals surface area contributed by atoms with Crippen LogP contribution in [0.3, 0.4) is 0 Å². The molecular weight excluding hydrogens is 753 g/mol. The van der Waals surface area contributed by atoms with Crippen LogP contribution in [0, 0.1) is 63.1 Å². The number of rotatable bonds is 11. The van der Waals surface area contributed by atoms with E-state index >= 15 is 0 Å². The van der Waals surface area contributed by atoms with E-state index in [-0.39, 0.29) is 53.2 Å². The molecule has 7 N–H and O–H groups in total. The van der Waals surface area contributed by atoms with Crippen molar-refractivity contribution in [2.24, 2.45) is 68.8 Å². The van der Waals surface area contributed by atoms with Gasteiger partial charge in [0.05, 0.1) is 30.1 Å². The third-order valence-corrected chi connectivity index (χ3v) is 21.0. The van der Waals surface area contributed by atoms with Crippen LogP contribution in [0.15, 0.2) is 11.6 Å². The number of piperidine rings is 1. The maximum Gasteiger partial charge on any atom is 0.159 e. The van der Waals surface area contributed by atoms with Gasteiger partial charge in [-0.25, -0.2) is 0 Å². The van der Waals surface area contributed by atoms with Gasteiger partial charge in [0.2, 0.25) is 0 Å². The molecule has 8 fully saturated rings. The Labute approximate surface area is 362 Å². The van der Waals surface area contributed by atoms with Crippen molar-refractivity contribution in [1.82, 2.24) is 5.32 Å². The molecule has 6 aliphatic carbocycles. The van der Waals surface area contributed by atoms with Crippen molar-refractivity contribution in [2.75, 3.05) is 19.8 Å². The molecule has 0 aromatic rings. The van der Waals surface area contributed by atoms with Gasteiger partial charge in [-0.15, -0.1) is 0 Å². The molecular formula is C51H84N2O7. The predicted octanol–water partition coefficient (Wildman–Crippen LogP) is 7.74. The van der Waals surface area contributed by atoms with Crippen LogP contribution in [0.2, 0.25) is 0 Å². The standard InChI is InChI=1S/C51H84N2O7/c1-32-18-24-59-50(28-32,44-43(60-44)48(5,57)45(2,31-54)21-15-34-17-23-53-41(52)25-34)40-16-22-51(58)38-27-39(56)37-26-36(55)30-49(19-9-10-20-49)47(37,4)42(38)35(29-46(40,51)3)14-13-33-11-7-6-8-12-33/h27,32-37,40-44,53-55,57-58H,6-26,28-31,52H2,1-5H3. The van der Waals surface area contributed by atoms with Crippen LogP contribution in [0.25, 0.3) is 0 Å². The molecule has 3 heterocycles. The van der Waals surface area contributed by atoms with Crippen molar-refractivity contribution in [3.8, 4) is 0 Å². The maximum atomic E-state index is 14.8. The fourth-order valence-electron chi connectivity index (χ4n) is 17.2. The van der Waals surface area contributed by atoms with Gasteiger partial charge in [-0.3, -0.25) is 4.79 Å². The van der Waals surface area contributed by atoms with Crippen LogP contribution < -0.4 is 11.1 Å². The van der Waals surface area contributed by atoms with Gasteiger partial charge in [-0.05, 0) is 161 Å². The summed E-state index contributed by atoms with van der Waals surface area (Å²) in [4.78, 5) is 14.8. The van der Waals surface area contributed by atoms with E-state index in [1.807, 2.05) is 19.9 Å². The number of nitrogens with one attached hydrogen (secondary N) is 1. The zero-order valence-corrected chi connectivity index (χ0v) is 38.2. The molecule has 0 aromatic carbocycles. The topological polar surface area (TPSA) is 158 Å². The first kappa shape index (κ1) is 44.3. The second-order valence-corrected chi connectivity index (χ2v) is 24.0. The minimum atomic E-state index is -1.31. The molecule has 16 unspecified atom stereocenters. The van der Waals surface area contributed by atoms with Crippen molar-refractivity contribution in [2.45, 2.75) is 217 Å². The Morgan fingerprint density at radius 1 is 0.917 bits per heavy atom. The smallest absolute Gasteiger partial charge is 0.159 e. The summed E-state index contributed by atoms with van der Waals surface area (Å²) in [7, 11) is 0. The third kappa shape index (κ3) is 6.75. The molecule has 9 aliphatic rings. The number of hydrogen-bond donors (Lipinski definition) is 6. The average Bonchev–Trinajstić information content (AvgIpc) is 3.84. The van der Waals surface area contributed by atoms with Gasteiger partial charge in [0, 0.05) is 23.4 Å². The van der Waals surface area contributed by atoms with Crippen LogP contribution in [0.4, 0.5) is 0 Å². The van der Waals surface area contributed by atoms with Gasteiger partial charge >= 0.3 is 0 Å². The Kier molecular flexibility index (Phi) is 11.7. The fraction of sp³-hybridized carbons (Fsp3) is 0.941. The molecule has 0 bridgehead atoms. The average molecular weight is 837 g/mol. The second kappa shape index (κ2) is 15.9. The summed E-state index contributed by atoms with van der Waals surface area (Å²) in [6.45, 7) is 12.4. The van der Waals surface area contributed by atoms with E-state index in [2.05, 4.69) is 26.1 Å². The van der Waals surface area contributed by atoms with Gasteiger partial charge in [0.25, 0.3) is 0 Å². The third-order valence-electron chi connectivity index (χ3n) is 21.0. The summed E-state index contributed by atoms with van der Waals surface area (Å²) < 4.78 is 14.1. The zero-order chi connectivity index (χ0) is 42.5. The zero-order valence-electron chi connectivity index (χ0n) is 38.2. The number of hydrogen-bond acceptors (Lipinski definition) is 9. The highest BCUT2D eigenvalue weighted by Gasteiger charge is 2.77. The van der Waals surface area contributed by atoms with E-state index in [0.717, 1.165) is 102 Å². The number of aliphatic hydroxyl groups is 4. The molecule has 0 radical (unpaired) electrons. The Morgan fingerprint density at radius 3 is 2.37 bits per heavy atom. The normalized spacial score (nSPS) is 48.7. The van der Waals surface area contributed by atoms with Crippen LogP contribution >= 0.6 is 0 Å². The molecule has 9 nitrogen and oxygen atoms in total. The number of nitrogens with two attached hydrogens (primary N) is 1. The Bertz CT molecular complexity index is 1620. The predicted molar refractivity (Wildman–Crippen MR) is 234 cm³/mol. The minimum absolute atomic E-state index is 0.00870. The van der Waals surface area contributed by atoms with Crippen molar-refractivity contribution in [1.29, 1.82) is 0 Å². The van der Waals surface area contributed by atoms with E-state index in [9.17, 15) is 25.2 Å². The molecule has 3 saturated heterocycles. The molecule has 16 atom stereocenters. The van der Waals surface area contributed by atoms with Gasteiger partial charge in [0.15, 0.2) is 5.78 Å². The lowest BCUT2D eigenvalue weighted by atomic mass is 9.37. The Morgan fingerprint density at radius 2 is 1.67 bits per heavy atom. The van der Waals surface area contributed by atoms with Gasteiger partial charge in [0.1, 0.15) is 17.8 Å². The van der Waals surface area contributed by atoms with E-state index in [0.29, 0.717) is 43.6 Å². The van der Waals surface area contributed by atoms with Crippen LogP contribution in [0.1, 0.15) is 176 Å². The molecule has 0 amide bonds. The maximum absolute atomic E-state index is 14.8. The summed E-state index contributed by atoms with van der Waals surface area (Å²) in [5.41, 5.74) is 2.36. The first-order valence-electron chi connectivity index (χ1n) is 25.2. The number of carbonyl (C=O) groups excluding carboxylic acids is 1. The van der Waals surface area contributed by atoms with Crippen LogP contribution in [-0.4, -0.2) is 87.2 Å². The lowest BCUT2D eigenvalue weighted by Crippen LogP contribution is -2.68. The molecule has 340 valence electrons. The summed E-state index contributed by atoms with van der Waals surface area (Å²) in [5, 5.41) is 52.4. The number of epoxide rings is 1. The number of ketones is 1. The lowest BCUT2D eigenvalue weighted by Gasteiger charge is -2.67. The summed E-state index contributed by atoms with van der Waals surface area (Å²) >= 11 is 0. The number of fused-ring (bicyclic) bond motifs is 6. The number of aliphatic hydroxyl groups excluding tert-OH is 2. The van der Waals surface area contributed by atoms with E-state index in [1.54, 1.807) is 0 Å². The molecule has 1 spiro atoms. The summed E-state index contributed by atoms with van der Waals surface area (Å²) in [6, 6.07) is 0. The van der Waals surface area contributed by atoms with Gasteiger partial charge in [-0.2, -0.15) is 0 Å². The van der Waals surface area contributed by atoms with Gasteiger partial charge in [-0.1, -0.05) is 79.1 Å². The van der Waals surface area contributed by atoms with E-state index < -0.39 is 39.8 Å². The fourth-order valence-corrected chi connectivity index (χ4v) is 17.2. The quantitative estimate of drug-likeness (QED) is 0.115. The molecule has 0 aromatic heterocycles. The summed E-state index contributed by atoms with van der Waals surface area (Å²) in [5.74, 6) is 1.90. The van der Waals surface area contributed by atoms with Crippen molar-refractivity contribution in [3.63, 3.8) is 0 Å². The Balaban J connectivity index is 1.08. The van der Waals surface area contributed by atoms with E-state index in [4.69, 9.17) is 15.2 Å². The van der Waals surface area contributed by atoms with Crippen molar-refractivity contribution >= 4 is 5.78 Å². The molecule has 9 heteroatoms. The first-order valence-corrected chi connectivity index (χ1v) is 25.2. The largest absolute Gasteiger partial charge is 0.396 e. The minimum Gasteiger partial charge on any atom is -0.396 e. The van der Waals surface area contributed by atoms with E-state index in [1.165, 1.54) is 38.5 Å². The number of carbonyl (C=O) groups is 1. The molecule has 5 saturated carbocycles. The highest BCUT2D eigenvalue weighted by Crippen LogP contribution is 2.76. The highest BCUT2D eigenvalue weighted by atomic mass is 16.6. The Hall–Kier alpha value is -0.910. The monoisotopic (exact) mass is 837 g/mol. The lowest BCUT2D eigenvalue weighted by molar-refractivity contribution is -0.212. The first-order chi connectivity index (χ1) is 28.5.